The molecule has 0 radical (unpaired) electrons. The maximum atomic E-state index is 5.41. The number of hydrogen-bond donors (Lipinski definition) is 2. The number of hydrogen-bond acceptors (Lipinski definition) is 6. The van der Waals surface area contributed by atoms with Gasteiger partial charge in [-0.1, -0.05) is 0 Å². The second-order valence-electron chi connectivity index (χ2n) is 7.06. The van der Waals surface area contributed by atoms with Gasteiger partial charge in [0, 0.05) is 50.5 Å². The van der Waals surface area contributed by atoms with E-state index in [2.05, 4.69) is 38.4 Å². The van der Waals surface area contributed by atoms with Crippen LogP contribution in [0.4, 0.5) is 11.8 Å². The maximum absolute atomic E-state index is 5.41. The molecule has 144 valence electrons. The third-order valence-corrected chi connectivity index (χ3v) is 5.23. The monoisotopic (exact) mass is 378 g/mol. The minimum absolute atomic E-state index is 0.518. The number of nitrogens with zero attached hydrogens (tertiary/aromatic N) is 4. The van der Waals surface area contributed by atoms with Crippen LogP contribution in [0.5, 0.6) is 0 Å². The Kier molecular flexibility index (Phi) is 6.99. The van der Waals surface area contributed by atoms with Gasteiger partial charge in [0.2, 0.25) is 5.95 Å². The average molecular weight is 379 g/mol. The van der Waals surface area contributed by atoms with Crippen molar-refractivity contribution in [2.75, 3.05) is 56.2 Å². The summed E-state index contributed by atoms with van der Waals surface area (Å²) in [7, 11) is 0. The van der Waals surface area contributed by atoms with Gasteiger partial charge in [-0.05, 0) is 45.3 Å². The van der Waals surface area contributed by atoms with Crippen LogP contribution in [0.3, 0.4) is 0 Å². The summed E-state index contributed by atoms with van der Waals surface area (Å²) in [6, 6.07) is 2.58. The molecular weight excluding hydrogens is 348 g/mol. The first kappa shape index (κ1) is 19.3. The Labute approximate surface area is 161 Å². The number of ether oxygens (including phenoxy) is 1. The molecule has 7 nitrogen and oxygen atoms in total. The van der Waals surface area contributed by atoms with Crippen molar-refractivity contribution in [1.82, 2.24) is 20.2 Å². The number of morpholine rings is 1. The molecule has 2 aliphatic heterocycles. The van der Waals surface area contributed by atoms with Crippen molar-refractivity contribution < 1.29 is 4.74 Å². The minimum Gasteiger partial charge on any atom is -0.379 e. The van der Waals surface area contributed by atoms with Gasteiger partial charge in [0.05, 0.1) is 13.2 Å². The Bertz CT molecular complexity index is 607. The number of rotatable bonds is 5. The molecular formula is C18H30N6OS. The van der Waals surface area contributed by atoms with Crippen molar-refractivity contribution in [1.29, 1.82) is 0 Å². The van der Waals surface area contributed by atoms with E-state index in [-0.39, 0.29) is 0 Å². The smallest absolute Gasteiger partial charge is 0.231 e. The third-order valence-electron chi connectivity index (χ3n) is 4.98. The first-order valence-corrected chi connectivity index (χ1v) is 10.00. The molecule has 2 fully saturated rings. The van der Waals surface area contributed by atoms with Gasteiger partial charge >= 0.3 is 0 Å². The SMILES string of the molecule is Cc1cc(N2CCCC[C@@H]2C)nc(NC(=S)NCCN2CCOCC2)n1. The van der Waals surface area contributed by atoms with Gasteiger partial charge in [0.1, 0.15) is 5.82 Å². The van der Waals surface area contributed by atoms with Crippen molar-refractivity contribution in [3.05, 3.63) is 11.8 Å². The summed E-state index contributed by atoms with van der Waals surface area (Å²) in [5.41, 5.74) is 0.950. The molecule has 0 aliphatic carbocycles. The van der Waals surface area contributed by atoms with E-state index in [9.17, 15) is 0 Å². The first-order chi connectivity index (χ1) is 12.6. The van der Waals surface area contributed by atoms with Gasteiger partial charge in [-0.15, -0.1) is 0 Å². The van der Waals surface area contributed by atoms with Crippen LogP contribution in [-0.4, -0.2) is 72.0 Å². The van der Waals surface area contributed by atoms with Crippen LogP contribution in [0.1, 0.15) is 31.9 Å². The van der Waals surface area contributed by atoms with Crippen LogP contribution in [0.15, 0.2) is 6.07 Å². The van der Waals surface area contributed by atoms with Gasteiger partial charge in [0.25, 0.3) is 0 Å². The average Bonchev–Trinajstić information content (AvgIpc) is 2.62. The lowest BCUT2D eigenvalue weighted by Crippen LogP contribution is -2.42. The molecule has 0 spiro atoms. The summed E-state index contributed by atoms with van der Waals surface area (Å²) in [6.07, 6.45) is 3.73. The Morgan fingerprint density at radius 3 is 2.85 bits per heavy atom. The van der Waals surface area contributed by atoms with E-state index in [0.29, 0.717) is 17.1 Å². The first-order valence-electron chi connectivity index (χ1n) is 9.59. The van der Waals surface area contributed by atoms with E-state index >= 15 is 0 Å². The normalized spacial score (nSPS) is 21.5. The molecule has 0 saturated carbocycles. The third kappa shape index (κ3) is 5.49. The Hall–Kier alpha value is -1.51. The molecule has 8 heteroatoms. The van der Waals surface area contributed by atoms with Crippen LogP contribution in [0.2, 0.25) is 0 Å². The van der Waals surface area contributed by atoms with E-state index in [1.165, 1.54) is 19.3 Å². The zero-order valence-electron chi connectivity index (χ0n) is 15.8. The number of thiocarbonyl (C=S) groups is 1. The topological polar surface area (TPSA) is 65.6 Å². The summed E-state index contributed by atoms with van der Waals surface area (Å²) in [5, 5.41) is 6.96. The summed E-state index contributed by atoms with van der Waals surface area (Å²) < 4.78 is 5.37. The number of aromatic nitrogens is 2. The largest absolute Gasteiger partial charge is 0.379 e. The van der Waals surface area contributed by atoms with Crippen LogP contribution in [0.25, 0.3) is 0 Å². The fourth-order valence-electron chi connectivity index (χ4n) is 3.49. The minimum atomic E-state index is 0.518. The molecule has 1 atom stereocenters. The molecule has 0 bridgehead atoms. The molecule has 2 aliphatic rings. The van der Waals surface area contributed by atoms with Crippen molar-refractivity contribution in [2.45, 2.75) is 39.2 Å². The van der Waals surface area contributed by atoms with Crippen LogP contribution in [0, 0.1) is 6.92 Å². The zero-order valence-corrected chi connectivity index (χ0v) is 16.6. The van der Waals surface area contributed by atoms with Crippen molar-refractivity contribution in [2.24, 2.45) is 0 Å². The van der Waals surface area contributed by atoms with Crippen molar-refractivity contribution >= 4 is 29.1 Å². The molecule has 2 saturated heterocycles. The van der Waals surface area contributed by atoms with Crippen LogP contribution >= 0.6 is 12.2 Å². The molecule has 0 amide bonds. The molecule has 3 rings (SSSR count). The fourth-order valence-corrected chi connectivity index (χ4v) is 3.68. The summed E-state index contributed by atoms with van der Waals surface area (Å²) >= 11 is 5.41. The van der Waals surface area contributed by atoms with Gasteiger partial charge in [-0.25, -0.2) is 4.98 Å². The lowest BCUT2D eigenvalue weighted by molar-refractivity contribution is 0.0389. The van der Waals surface area contributed by atoms with Gasteiger partial charge in [0.15, 0.2) is 5.11 Å². The summed E-state index contributed by atoms with van der Waals surface area (Å²) in [5.74, 6) is 1.56. The molecule has 3 heterocycles. The molecule has 2 N–H and O–H groups in total. The van der Waals surface area contributed by atoms with E-state index < -0.39 is 0 Å². The number of piperidine rings is 1. The van der Waals surface area contributed by atoms with Crippen LogP contribution < -0.4 is 15.5 Å². The van der Waals surface area contributed by atoms with Gasteiger partial charge in [-0.2, -0.15) is 4.98 Å². The highest BCUT2D eigenvalue weighted by molar-refractivity contribution is 7.80. The zero-order chi connectivity index (χ0) is 18.4. The van der Waals surface area contributed by atoms with E-state index in [1.807, 2.05) is 6.92 Å². The molecule has 0 aromatic carbocycles. The molecule has 26 heavy (non-hydrogen) atoms. The number of nitrogens with one attached hydrogen (secondary N) is 2. The lowest BCUT2D eigenvalue weighted by Gasteiger charge is -2.34. The molecule has 1 aromatic heterocycles. The standard InChI is InChI=1S/C18H30N6OS/c1-14-13-16(24-7-4-3-5-15(24)2)21-17(20-14)22-18(26)19-6-8-23-9-11-25-12-10-23/h13,15H,3-12H2,1-2H3,(H2,19,20,21,22,26)/t15-/m0/s1. The predicted molar refractivity (Wildman–Crippen MR) is 109 cm³/mol. The molecule has 0 unspecified atom stereocenters. The Morgan fingerprint density at radius 2 is 2.08 bits per heavy atom. The highest BCUT2D eigenvalue weighted by Crippen LogP contribution is 2.24. The van der Waals surface area contributed by atoms with Gasteiger partial charge in [-0.3, -0.25) is 4.90 Å². The Balaban J connectivity index is 1.52. The van der Waals surface area contributed by atoms with E-state index in [1.54, 1.807) is 0 Å². The lowest BCUT2D eigenvalue weighted by atomic mass is 10.0. The van der Waals surface area contributed by atoms with Gasteiger partial charge < -0.3 is 20.3 Å². The quantitative estimate of drug-likeness (QED) is 0.752. The number of aryl methyl sites for hydroxylation is 1. The maximum Gasteiger partial charge on any atom is 0.231 e. The van der Waals surface area contributed by atoms with Crippen LogP contribution in [-0.2, 0) is 4.74 Å². The van der Waals surface area contributed by atoms with Crippen molar-refractivity contribution in [3.8, 4) is 0 Å². The highest BCUT2D eigenvalue weighted by Gasteiger charge is 2.20. The highest BCUT2D eigenvalue weighted by atomic mass is 32.1. The van der Waals surface area contributed by atoms with Crippen molar-refractivity contribution in [3.63, 3.8) is 0 Å². The summed E-state index contributed by atoms with van der Waals surface area (Å²) in [6.45, 7) is 10.7. The predicted octanol–water partition coefficient (Wildman–Crippen LogP) is 1.78. The number of anilines is 2. The fraction of sp³-hybridized carbons (Fsp3) is 0.722. The summed E-state index contributed by atoms with van der Waals surface area (Å²) in [4.78, 5) is 13.9. The molecule has 1 aromatic rings. The second-order valence-corrected chi connectivity index (χ2v) is 7.47. The van der Waals surface area contributed by atoms with E-state index in [4.69, 9.17) is 21.9 Å². The Morgan fingerprint density at radius 1 is 1.27 bits per heavy atom. The van der Waals surface area contributed by atoms with E-state index in [0.717, 1.165) is 57.4 Å². The second kappa shape index (κ2) is 9.43.